The second kappa shape index (κ2) is 4.64. The molecule has 2 aromatic rings. The highest BCUT2D eigenvalue weighted by Crippen LogP contribution is 2.43. The van der Waals surface area contributed by atoms with Crippen LogP contribution in [0.5, 0.6) is 0 Å². The largest absolute Gasteiger partial charge is 0.465 e. The van der Waals surface area contributed by atoms with E-state index in [0.717, 1.165) is 19.4 Å². The Hall–Kier alpha value is -2.22. The van der Waals surface area contributed by atoms with Gasteiger partial charge in [-0.3, -0.25) is 0 Å². The number of nitrogens with zero attached hydrogens (tertiary/aromatic N) is 3. The van der Waals surface area contributed by atoms with Crippen LogP contribution in [0.2, 0.25) is 5.02 Å². The van der Waals surface area contributed by atoms with Crippen LogP contribution in [-0.4, -0.2) is 40.0 Å². The molecule has 3 heterocycles. The van der Waals surface area contributed by atoms with E-state index in [2.05, 4.69) is 20.4 Å². The lowest BCUT2D eigenvalue weighted by molar-refractivity contribution is 0.188. The van der Waals surface area contributed by atoms with E-state index in [9.17, 15) is 4.79 Å². The van der Waals surface area contributed by atoms with Crippen molar-refractivity contribution in [1.29, 1.82) is 0 Å². The van der Waals surface area contributed by atoms with Crippen molar-refractivity contribution >= 4 is 40.3 Å². The van der Waals surface area contributed by atoms with Crippen LogP contribution in [0, 0.1) is 5.92 Å². The van der Waals surface area contributed by atoms with Crippen molar-refractivity contribution in [3.05, 3.63) is 11.2 Å². The van der Waals surface area contributed by atoms with Crippen molar-refractivity contribution in [3.8, 4) is 0 Å². The number of carboxylic acid groups (broad SMARTS) is 1. The van der Waals surface area contributed by atoms with E-state index in [0.29, 0.717) is 21.8 Å². The van der Waals surface area contributed by atoms with Crippen LogP contribution in [0.3, 0.4) is 0 Å². The van der Waals surface area contributed by atoms with Gasteiger partial charge in [-0.2, -0.15) is 0 Å². The molecule has 4 rings (SSSR count). The lowest BCUT2D eigenvalue weighted by Gasteiger charge is -2.28. The van der Waals surface area contributed by atoms with Crippen molar-refractivity contribution in [2.24, 2.45) is 5.92 Å². The zero-order chi connectivity index (χ0) is 15.4. The van der Waals surface area contributed by atoms with Gasteiger partial charge in [-0.05, 0) is 18.8 Å². The van der Waals surface area contributed by atoms with Gasteiger partial charge in [0.15, 0.2) is 11.6 Å². The molecule has 3 atom stereocenters. The summed E-state index contributed by atoms with van der Waals surface area (Å²) in [6, 6.07) is -0.0328. The SMILES string of the molecule is Nc1noc2c(N3C[C@@H]4CC[C@H]3[C@@H]4NC(=O)O)ncc(Cl)c12. The zero-order valence-corrected chi connectivity index (χ0v) is 12.2. The van der Waals surface area contributed by atoms with E-state index in [-0.39, 0.29) is 23.8 Å². The Morgan fingerprint density at radius 2 is 2.36 bits per heavy atom. The maximum Gasteiger partial charge on any atom is 0.404 e. The fourth-order valence-electron chi connectivity index (χ4n) is 3.73. The van der Waals surface area contributed by atoms with Gasteiger partial charge in [0.2, 0.25) is 5.58 Å². The third-order valence-corrected chi connectivity index (χ3v) is 4.90. The number of carbonyl (C=O) groups is 1. The monoisotopic (exact) mass is 323 g/mol. The standard InChI is InChI=1S/C13H14ClN5O3/c14-6-3-16-12(10-8(6)11(15)18-22-10)19-4-5-1-2-7(19)9(5)17-13(20)21/h3,5,7,9,17H,1-2,4H2,(H2,15,18)(H,20,21)/t5-,7-,9+/m0/s1. The first-order valence-corrected chi connectivity index (χ1v) is 7.39. The molecular weight excluding hydrogens is 310 g/mol. The fraction of sp³-hybridized carbons (Fsp3) is 0.462. The number of halogens is 1. The first-order chi connectivity index (χ1) is 10.6. The number of piperidine rings is 1. The molecule has 4 N–H and O–H groups in total. The van der Waals surface area contributed by atoms with Gasteiger partial charge in [-0.25, -0.2) is 9.78 Å². The molecule has 2 aromatic heterocycles. The number of hydrogen-bond acceptors (Lipinski definition) is 6. The van der Waals surface area contributed by atoms with E-state index in [4.69, 9.17) is 27.0 Å². The third-order valence-electron chi connectivity index (χ3n) is 4.61. The number of nitrogens with two attached hydrogens (primary N) is 1. The van der Waals surface area contributed by atoms with Gasteiger partial charge in [0.1, 0.15) is 0 Å². The highest BCUT2D eigenvalue weighted by molar-refractivity contribution is 6.36. The molecule has 1 aliphatic heterocycles. The first kappa shape index (κ1) is 13.4. The van der Waals surface area contributed by atoms with Gasteiger partial charge in [-0.15, -0.1) is 0 Å². The quantitative estimate of drug-likeness (QED) is 0.769. The van der Waals surface area contributed by atoms with Crippen LogP contribution in [0.4, 0.5) is 16.4 Å². The smallest absolute Gasteiger partial charge is 0.404 e. The zero-order valence-electron chi connectivity index (χ0n) is 11.5. The molecule has 0 spiro atoms. The second-order valence-electron chi connectivity index (χ2n) is 5.73. The molecule has 1 aliphatic carbocycles. The number of aromatic nitrogens is 2. The Labute approximate surface area is 130 Å². The molecule has 2 bridgehead atoms. The summed E-state index contributed by atoms with van der Waals surface area (Å²) in [4.78, 5) is 17.4. The molecule has 0 unspecified atom stereocenters. The average Bonchev–Trinajstić information content (AvgIpc) is 3.13. The summed E-state index contributed by atoms with van der Waals surface area (Å²) >= 11 is 6.11. The molecule has 2 fully saturated rings. The van der Waals surface area contributed by atoms with Crippen LogP contribution in [0.15, 0.2) is 10.7 Å². The summed E-state index contributed by atoms with van der Waals surface area (Å²) in [5, 5.41) is 16.3. The number of nitrogens with one attached hydrogen (secondary N) is 1. The molecule has 8 nitrogen and oxygen atoms in total. The van der Waals surface area contributed by atoms with Crippen molar-refractivity contribution < 1.29 is 14.4 Å². The van der Waals surface area contributed by atoms with E-state index in [1.807, 2.05) is 0 Å². The van der Waals surface area contributed by atoms with Crippen molar-refractivity contribution in [2.75, 3.05) is 17.2 Å². The molecule has 9 heteroatoms. The second-order valence-corrected chi connectivity index (χ2v) is 6.14. The number of amides is 1. The number of rotatable bonds is 2. The maximum absolute atomic E-state index is 11.0. The van der Waals surface area contributed by atoms with Gasteiger partial charge >= 0.3 is 6.09 Å². The minimum atomic E-state index is -0.998. The van der Waals surface area contributed by atoms with E-state index in [1.165, 1.54) is 6.20 Å². The third kappa shape index (κ3) is 1.80. The van der Waals surface area contributed by atoms with Gasteiger partial charge in [0.05, 0.1) is 22.5 Å². The molecule has 2 aliphatic rings. The van der Waals surface area contributed by atoms with Crippen molar-refractivity contribution in [2.45, 2.75) is 24.9 Å². The Kier molecular flexibility index (Phi) is 2.83. The summed E-state index contributed by atoms with van der Waals surface area (Å²) in [6.07, 6.45) is 2.44. The van der Waals surface area contributed by atoms with Crippen LogP contribution in [-0.2, 0) is 0 Å². The number of fused-ring (bicyclic) bond motifs is 3. The molecule has 0 aromatic carbocycles. The van der Waals surface area contributed by atoms with E-state index >= 15 is 0 Å². The average molecular weight is 324 g/mol. The molecule has 116 valence electrons. The Morgan fingerprint density at radius 1 is 1.55 bits per heavy atom. The maximum atomic E-state index is 11.0. The van der Waals surface area contributed by atoms with Gasteiger partial charge in [-0.1, -0.05) is 16.8 Å². The van der Waals surface area contributed by atoms with Crippen LogP contribution in [0.25, 0.3) is 11.0 Å². The highest BCUT2D eigenvalue weighted by atomic mass is 35.5. The normalized spacial score (nSPS) is 26.8. The minimum Gasteiger partial charge on any atom is -0.465 e. The molecule has 1 saturated carbocycles. The lowest BCUT2D eigenvalue weighted by Crippen LogP contribution is -2.43. The minimum absolute atomic E-state index is 0.0595. The summed E-state index contributed by atoms with van der Waals surface area (Å²) in [5.41, 5.74) is 6.24. The summed E-state index contributed by atoms with van der Waals surface area (Å²) in [5.74, 6) is 1.12. The number of nitrogen functional groups attached to an aromatic ring is 1. The Morgan fingerprint density at radius 3 is 3.14 bits per heavy atom. The van der Waals surface area contributed by atoms with Crippen molar-refractivity contribution in [1.82, 2.24) is 15.5 Å². The first-order valence-electron chi connectivity index (χ1n) is 7.01. The molecule has 1 amide bonds. The topological polar surface area (TPSA) is 118 Å². The van der Waals surface area contributed by atoms with Gasteiger partial charge < -0.3 is 25.6 Å². The van der Waals surface area contributed by atoms with Crippen molar-refractivity contribution in [3.63, 3.8) is 0 Å². The van der Waals surface area contributed by atoms with Gasteiger partial charge in [0.25, 0.3) is 0 Å². The van der Waals surface area contributed by atoms with Crippen LogP contribution < -0.4 is 16.0 Å². The fourth-order valence-corrected chi connectivity index (χ4v) is 3.96. The molecular formula is C13H14ClN5O3. The highest BCUT2D eigenvalue weighted by Gasteiger charge is 2.48. The summed E-state index contributed by atoms with van der Waals surface area (Å²) in [6.45, 7) is 0.722. The molecule has 1 saturated heterocycles. The predicted octanol–water partition coefficient (Wildman–Crippen LogP) is 1.69. The van der Waals surface area contributed by atoms with Crippen LogP contribution >= 0.6 is 11.6 Å². The Bertz CT molecular complexity index is 763. The molecule has 22 heavy (non-hydrogen) atoms. The van der Waals surface area contributed by atoms with E-state index < -0.39 is 6.09 Å². The number of pyridine rings is 1. The summed E-state index contributed by atoms with van der Waals surface area (Å²) in [7, 11) is 0. The predicted molar refractivity (Wildman–Crippen MR) is 80.0 cm³/mol. The van der Waals surface area contributed by atoms with E-state index in [1.54, 1.807) is 0 Å². The Balaban J connectivity index is 1.75. The summed E-state index contributed by atoms with van der Waals surface area (Å²) < 4.78 is 5.30. The lowest BCUT2D eigenvalue weighted by atomic mass is 10.1. The molecule has 0 radical (unpaired) electrons. The van der Waals surface area contributed by atoms with Gasteiger partial charge in [0, 0.05) is 12.7 Å². The van der Waals surface area contributed by atoms with Crippen LogP contribution in [0.1, 0.15) is 12.8 Å². The number of anilines is 2. The number of hydrogen-bond donors (Lipinski definition) is 3.